The standard InChI is InChI=1S/C23H22ClFN4O4S.ClH/c1-13-2-8-19(29-34(32,33)20-9-7-16(24)10-18(20)25)22(31)17(13)11-21(30)28-12-14-3-5-15(6-4-14)23(26)27;/h2-10,29,31H,11-12H2,1H3,(H3,26,27)(H,28,30);1H. The average molecular weight is 541 g/mol. The molecule has 0 aromatic heterocycles. The van der Waals surface area contributed by atoms with E-state index in [0.29, 0.717) is 11.1 Å². The highest BCUT2D eigenvalue weighted by atomic mass is 35.5. The monoisotopic (exact) mass is 540 g/mol. The first-order chi connectivity index (χ1) is 16.0. The quantitative estimate of drug-likeness (QED) is 0.167. The topological polar surface area (TPSA) is 145 Å². The number of phenols is 1. The van der Waals surface area contributed by atoms with Crippen molar-refractivity contribution in [1.29, 1.82) is 5.41 Å². The molecule has 0 atom stereocenters. The first-order valence-corrected chi connectivity index (χ1v) is 11.8. The molecule has 0 spiro atoms. The number of hydrogen-bond donors (Lipinski definition) is 5. The molecule has 0 saturated heterocycles. The molecule has 8 nitrogen and oxygen atoms in total. The number of halogens is 3. The van der Waals surface area contributed by atoms with Crippen LogP contribution in [0, 0.1) is 18.2 Å². The van der Waals surface area contributed by atoms with Crippen molar-refractivity contribution < 1.29 is 22.7 Å². The van der Waals surface area contributed by atoms with Gasteiger partial charge in [-0.3, -0.25) is 14.9 Å². The molecule has 3 rings (SSSR count). The van der Waals surface area contributed by atoms with Crippen LogP contribution in [0.25, 0.3) is 0 Å². The van der Waals surface area contributed by atoms with Crippen molar-refractivity contribution in [3.8, 4) is 5.75 Å². The molecule has 0 fully saturated rings. The minimum absolute atomic E-state index is 0. The van der Waals surface area contributed by atoms with Gasteiger partial charge in [0, 0.05) is 22.7 Å². The second kappa shape index (κ2) is 11.4. The fourth-order valence-corrected chi connectivity index (χ4v) is 4.45. The van der Waals surface area contributed by atoms with Gasteiger partial charge in [-0.2, -0.15) is 0 Å². The number of benzene rings is 3. The van der Waals surface area contributed by atoms with Crippen molar-refractivity contribution in [3.05, 3.63) is 87.7 Å². The smallest absolute Gasteiger partial charge is 0.264 e. The molecule has 0 bridgehead atoms. The van der Waals surface area contributed by atoms with E-state index in [9.17, 15) is 22.7 Å². The van der Waals surface area contributed by atoms with Crippen LogP contribution >= 0.6 is 24.0 Å². The van der Waals surface area contributed by atoms with Gasteiger partial charge in [-0.05, 0) is 42.3 Å². The lowest BCUT2D eigenvalue weighted by Gasteiger charge is -2.15. The average Bonchev–Trinajstić information content (AvgIpc) is 2.77. The van der Waals surface area contributed by atoms with Gasteiger partial charge in [0.1, 0.15) is 22.3 Å². The van der Waals surface area contributed by atoms with E-state index in [0.717, 1.165) is 17.7 Å². The lowest BCUT2D eigenvalue weighted by molar-refractivity contribution is -0.120. The van der Waals surface area contributed by atoms with Gasteiger partial charge in [-0.15, -0.1) is 12.4 Å². The summed E-state index contributed by atoms with van der Waals surface area (Å²) in [4.78, 5) is 11.9. The first-order valence-electron chi connectivity index (χ1n) is 9.97. The molecule has 0 saturated carbocycles. The van der Waals surface area contributed by atoms with Gasteiger partial charge < -0.3 is 16.2 Å². The summed E-state index contributed by atoms with van der Waals surface area (Å²) in [5.41, 5.74) is 7.37. The zero-order valence-corrected chi connectivity index (χ0v) is 20.8. The third-order valence-electron chi connectivity index (χ3n) is 5.04. The van der Waals surface area contributed by atoms with Crippen LogP contribution in [0.1, 0.15) is 22.3 Å². The van der Waals surface area contributed by atoms with Crippen LogP contribution < -0.4 is 15.8 Å². The Labute approximate surface area is 213 Å². The van der Waals surface area contributed by atoms with Gasteiger partial charge in [0.05, 0.1) is 12.1 Å². The molecule has 3 aromatic carbocycles. The van der Waals surface area contributed by atoms with Crippen molar-refractivity contribution in [2.75, 3.05) is 4.72 Å². The highest BCUT2D eigenvalue weighted by Gasteiger charge is 2.22. The number of nitrogen functional groups attached to an aromatic ring is 1. The third kappa shape index (κ3) is 6.84. The van der Waals surface area contributed by atoms with Gasteiger partial charge in [0.25, 0.3) is 10.0 Å². The third-order valence-corrected chi connectivity index (χ3v) is 6.67. The van der Waals surface area contributed by atoms with E-state index in [1.807, 2.05) is 0 Å². The number of nitrogens with two attached hydrogens (primary N) is 1. The first kappa shape index (κ1) is 27.9. The lowest BCUT2D eigenvalue weighted by atomic mass is 10.0. The molecule has 0 aliphatic carbocycles. The van der Waals surface area contributed by atoms with Gasteiger partial charge in [0.15, 0.2) is 0 Å². The van der Waals surface area contributed by atoms with Gasteiger partial charge in [0.2, 0.25) is 5.91 Å². The number of sulfonamides is 1. The van der Waals surface area contributed by atoms with Gasteiger partial charge in [-0.1, -0.05) is 41.9 Å². The maximum atomic E-state index is 14.1. The van der Waals surface area contributed by atoms with Gasteiger partial charge >= 0.3 is 0 Å². The SMILES string of the molecule is Cc1ccc(NS(=O)(=O)c2ccc(Cl)cc2F)c(O)c1CC(=O)NCc1ccc(C(=N)N)cc1.Cl. The number of anilines is 1. The Balaban J connectivity index is 0.00000432. The maximum Gasteiger partial charge on any atom is 0.264 e. The predicted octanol–water partition coefficient (Wildman–Crippen LogP) is 3.86. The Bertz CT molecular complexity index is 1370. The Hall–Kier alpha value is -3.34. The van der Waals surface area contributed by atoms with Crippen LogP contribution in [-0.2, 0) is 27.8 Å². The van der Waals surface area contributed by atoms with Crippen molar-refractivity contribution >= 4 is 51.5 Å². The maximum absolute atomic E-state index is 14.1. The van der Waals surface area contributed by atoms with Crippen LogP contribution in [0.5, 0.6) is 5.75 Å². The molecular weight excluding hydrogens is 518 g/mol. The van der Waals surface area contributed by atoms with Crippen LogP contribution in [-0.4, -0.2) is 25.3 Å². The number of carbonyl (C=O) groups is 1. The predicted molar refractivity (Wildman–Crippen MR) is 135 cm³/mol. The van der Waals surface area contributed by atoms with E-state index in [1.54, 1.807) is 37.3 Å². The summed E-state index contributed by atoms with van der Waals surface area (Å²) in [6.07, 6.45) is -0.214. The number of amides is 1. The second-order valence-corrected chi connectivity index (χ2v) is 9.59. The van der Waals surface area contributed by atoms with Crippen molar-refractivity contribution in [3.63, 3.8) is 0 Å². The van der Waals surface area contributed by atoms with Crippen molar-refractivity contribution in [1.82, 2.24) is 5.32 Å². The number of nitrogens with one attached hydrogen (secondary N) is 3. The molecule has 12 heteroatoms. The number of carbonyl (C=O) groups excluding carboxylic acids is 1. The Kier molecular flexibility index (Phi) is 9.08. The number of aromatic hydroxyl groups is 1. The molecule has 1 amide bonds. The van der Waals surface area contributed by atoms with Crippen LogP contribution in [0.4, 0.5) is 10.1 Å². The summed E-state index contributed by atoms with van der Waals surface area (Å²) < 4.78 is 41.5. The highest BCUT2D eigenvalue weighted by molar-refractivity contribution is 7.92. The molecule has 3 aromatic rings. The largest absolute Gasteiger partial charge is 0.505 e. The summed E-state index contributed by atoms with van der Waals surface area (Å²) in [6, 6.07) is 12.8. The number of phenolic OH excluding ortho intramolecular Hbond substituents is 1. The molecular formula is C23H23Cl2FN4O4S. The van der Waals surface area contributed by atoms with E-state index in [4.69, 9.17) is 22.7 Å². The second-order valence-electron chi connectivity index (χ2n) is 7.50. The van der Waals surface area contributed by atoms with E-state index < -0.39 is 32.4 Å². The summed E-state index contributed by atoms with van der Waals surface area (Å²) in [6.45, 7) is 1.87. The van der Waals surface area contributed by atoms with Crippen LogP contribution in [0.15, 0.2) is 59.5 Å². The fraction of sp³-hybridized carbons (Fsp3) is 0.130. The Morgan fingerprint density at radius 2 is 1.80 bits per heavy atom. The zero-order chi connectivity index (χ0) is 25.0. The minimum atomic E-state index is -4.37. The normalized spacial score (nSPS) is 10.8. The zero-order valence-electron chi connectivity index (χ0n) is 18.4. The summed E-state index contributed by atoms with van der Waals surface area (Å²) in [5, 5.41) is 20.8. The number of rotatable bonds is 8. The molecule has 186 valence electrons. The van der Waals surface area contributed by atoms with E-state index in [2.05, 4.69) is 10.0 Å². The number of hydrogen-bond acceptors (Lipinski definition) is 5. The molecule has 0 unspecified atom stereocenters. The van der Waals surface area contributed by atoms with E-state index in [-0.39, 0.29) is 47.5 Å². The fourth-order valence-electron chi connectivity index (χ4n) is 3.16. The molecule has 35 heavy (non-hydrogen) atoms. The summed E-state index contributed by atoms with van der Waals surface area (Å²) in [5.74, 6) is -1.94. The Morgan fingerprint density at radius 3 is 2.40 bits per heavy atom. The van der Waals surface area contributed by atoms with Crippen molar-refractivity contribution in [2.24, 2.45) is 5.73 Å². The molecule has 0 aliphatic heterocycles. The van der Waals surface area contributed by atoms with E-state index in [1.165, 1.54) is 12.1 Å². The van der Waals surface area contributed by atoms with Crippen molar-refractivity contribution in [2.45, 2.75) is 24.8 Å². The van der Waals surface area contributed by atoms with Gasteiger partial charge in [-0.25, -0.2) is 12.8 Å². The lowest BCUT2D eigenvalue weighted by Crippen LogP contribution is -2.25. The number of amidine groups is 1. The molecule has 0 heterocycles. The Morgan fingerprint density at radius 1 is 1.14 bits per heavy atom. The minimum Gasteiger partial charge on any atom is -0.505 e. The molecule has 0 aliphatic rings. The summed E-state index contributed by atoms with van der Waals surface area (Å²) >= 11 is 5.68. The van der Waals surface area contributed by atoms with E-state index >= 15 is 0 Å². The summed E-state index contributed by atoms with van der Waals surface area (Å²) in [7, 11) is -4.37. The van der Waals surface area contributed by atoms with Crippen LogP contribution in [0.3, 0.4) is 0 Å². The number of aryl methyl sites for hydroxylation is 1. The molecule has 0 radical (unpaired) electrons. The molecule has 6 N–H and O–H groups in total. The highest BCUT2D eigenvalue weighted by Crippen LogP contribution is 2.33. The van der Waals surface area contributed by atoms with Crippen LogP contribution in [0.2, 0.25) is 5.02 Å².